The molecule has 0 radical (unpaired) electrons. The van der Waals surface area contributed by atoms with Crippen LogP contribution in [0, 0.1) is 13.8 Å². The van der Waals surface area contributed by atoms with Gasteiger partial charge in [-0.2, -0.15) is 0 Å². The molecule has 0 N–H and O–H groups in total. The molecule has 0 fully saturated rings. The molecule has 0 bridgehead atoms. The summed E-state index contributed by atoms with van der Waals surface area (Å²) in [6.07, 6.45) is 0. The van der Waals surface area contributed by atoms with Crippen molar-refractivity contribution < 1.29 is 8.42 Å². The van der Waals surface area contributed by atoms with E-state index in [1.807, 2.05) is 32.0 Å². The van der Waals surface area contributed by atoms with Crippen LogP contribution in [0.25, 0.3) is 0 Å². The lowest BCUT2D eigenvalue weighted by atomic mass is 10.2. The Bertz CT molecular complexity index is 653. The third-order valence-corrected chi connectivity index (χ3v) is 5.40. The zero-order valence-corrected chi connectivity index (χ0v) is 12.5. The van der Waals surface area contributed by atoms with E-state index in [9.17, 15) is 8.42 Å². The number of aryl methyl sites for hydroxylation is 2. The minimum atomic E-state index is -3.44. The molecule has 18 heavy (non-hydrogen) atoms. The fourth-order valence-electron chi connectivity index (χ4n) is 1.95. The van der Waals surface area contributed by atoms with Gasteiger partial charge in [0.05, 0.1) is 9.79 Å². The summed E-state index contributed by atoms with van der Waals surface area (Å²) >= 11 is 3.30. The van der Waals surface area contributed by atoms with Gasteiger partial charge in [-0.3, -0.25) is 0 Å². The van der Waals surface area contributed by atoms with E-state index in [0.29, 0.717) is 9.79 Å². The molecule has 0 aromatic heterocycles. The molecule has 0 spiro atoms. The van der Waals surface area contributed by atoms with Gasteiger partial charge >= 0.3 is 0 Å². The first-order valence-corrected chi connectivity index (χ1v) is 7.77. The smallest absolute Gasteiger partial charge is 0.207 e. The third kappa shape index (κ3) is 2.35. The maximum Gasteiger partial charge on any atom is 0.207 e. The van der Waals surface area contributed by atoms with Crippen LogP contribution >= 0.6 is 15.9 Å². The van der Waals surface area contributed by atoms with Crippen molar-refractivity contribution in [2.24, 2.45) is 0 Å². The lowest BCUT2D eigenvalue weighted by molar-refractivity contribution is 0.595. The van der Waals surface area contributed by atoms with Crippen molar-refractivity contribution in [3.05, 3.63) is 58.1 Å². The number of sulfone groups is 1. The lowest BCUT2D eigenvalue weighted by Gasteiger charge is -2.10. The Kier molecular flexibility index (Phi) is 3.59. The number of halogens is 1. The molecule has 0 atom stereocenters. The molecule has 0 aliphatic rings. The van der Waals surface area contributed by atoms with Crippen molar-refractivity contribution in [1.29, 1.82) is 0 Å². The van der Waals surface area contributed by atoms with Crippen LogP contribution in [0.5, 0.6) is 0 Å². The number of hydrogen-bond donors (Lipinski definition) is 0. The monoisotopic (exact) mass is 324 g/mol. The summed E-state index contributed by atoms with van der Waals surface area (Å²) in [5, 5.41) is 0. The first-order chi connectivity index (χ1) is 8.43. The van der Waals surface area contributed by atoms with Crippen LogP contribution in [-0.4, -0.2) is 8.42 Å². The van der Waals surface area contributed by atoms with Crippen LogP contribution in [0.4, 0.5) is 0 Å². The van der Waals surface area contributed by atoms with E-state index in [4.69, 9.17) is 0 Å². The molecule has 2 aromatic carbocycles. The van der Waals surface area contributed by atoms with E-state index >= 15 is 0 Å². The highest BCUT2D eigenvalue weighted by Crippen LogP contribution is 2.27. The Morgan fingerprint density at radius 2 is 1.39 bits per heavy atom. The Labute approximate surface area is 116 Å². The van der Waals surface area contributed by atoms with E-state index in [1.54, 1.807) is 24.3 Å². The van der Waals surface area contributed by atoms with Crippen molar-refractivity contribution in [1.82, 2.24) is 0 Å². The maximum absolute atomic E-state index is 12.6. The highest BCUT2D eigenvalue weighted by molar-refractivity contribution is 9.10. The fraction of sp³-hybridized carbons (Fsp3) is 0.143. The van der Waals surface area contributed by atoms with Gasteiger partial charge in [-0.1, -0.05) is 34.1 Å². The second kappa shape index (κ2) is 4.86. The van der Waals surface area contributed by atoms with Crippen molar-refractivity contribution in [2.45, 2.75) is 23.6 Å². The van der Waals surface area contributed by atoms with Gasteiger partial charge in [-0.05, 0) is 49.2 Å². The Morgan fingerprint density at radius 1 is 0.889 bits per heavy atom. The van der Waals surface area contributed by atoms with Gasteiger partial charge in [0.2, 0.25) is 9.84 Å². The molecular weight excluding hydrogens is 312 g/mol. The molecule has 94 valence electrons. The van der Waals surface area contributed by atoms with Crippen molar-refractivity contribution >= 4 is 25.8 Å². The number of hydrogen-bond acceptors (Lipinski definition) is 2. The minimum absolute atomic E-state index is 0.322. The quantitative estimate of drug-likeness (QED) is 0.839. The first-order valence-electron chi connectivity index (χ1n) is 5.50. The summed E-state index contributed by atoms with van der Waals surface area (Å²) in [4.78, 5) is 0.732. The molecule has 0 amide bonds. The van der Waals surface area contributed by atoms with Crippen LogP contribution in [0.2, 0.25) is 0 Å². The minimum Gasteiger partial charge on any atom is -0.218 e. The Balaban J connectivity index is 2.66. The van der Waals surface area contributed by atoms with E-state index in [0.717, 1.165) is 15.6 Å². The fourth-order valence-corrected chi connectivity index (χ4v) is 3.93. The second-order valence-corrected chi connectivity index (χ2v) is 6.98. The molecular formula is C14H13BrO2S. The topological polar surface area (TPSA) is 34.1 Å². The lowest BCUT2D eigenvalue weighted by Crippen LogP contribution is -2.06. The normalized spacial score (nSPS) is 11.5. The summed E-state index contributed by atoms with van der Waals surface area (Å²) in [6, 6.07) is 12.2. The van der Waals surface area contributed by atoms with E-state index in [2.05, 4.69) is 15.9 Å². The zero-order chi connectivity index (χ0) is 13.3. The van der Waals surface area contributed by atoms with E-state index in [-0.39, 0.29) is 0 Å². The van der Waals surface area contributed by atoms with Crippen molar-refractivity contribution in [2.75, 3.05) is 0 Å². The van der Waals surface area contributed by atoms with E-state index in [1.165, 1.54) is 0 Å². The summed E-state index contributed by atoms with van der Waals surface area (Å²) in [6.45, 7) is 3.64. The van der Waals surface area contributed by atoms with Crippen molar-refractivity contribution in [3.8, 4) is 0 Å². The van der Waals surface area contributed by atoms with Crippen molar-refractivity contribution in [3.63, 3.8) is 0 Å². The summed E-state index contributed by atoms with van der Waals surface area (Å²) in [5.41, 5.74) is 1.55. The molecule has 2 aromatic rings. The van der Waals surface area contributed by atoms with Gasteiger partial charge in [-0.25, -0.2) is 8.42 Å². The molecule has 2 rings (SSSR count). The predicted molar refractivity (Wildman–Crippen MR) is 75.5 cm³/mol. The Morgan fingerprint density at radius 3 is 1.89 bits per heavy atom. The Hall–Kier alpha value is -1.13. The van der Waals surface area contributed by atoms with Gasteiger partial charge in [0.25, 0.3) is 0 Å². The van der Waals surface area contributed by atoms with Crippen LogP contribution < -0.4 is 0 Å². The average Bonchev–Trinajstić information content (AvgIpc) is 2.29. The predicted octanol–water partition coefficient (Wildman–Crippen LogP) is 3.90. The number of benzene rings is 2. The highest BCUT2D eigenvalue weighted by Gasteiger charge is 2.21. The SMILES string of the molecule is Cc1cccc(C)c1S(=O)(=O)c1ccc(Br)cc1. The molecule has 2 nitrogen and oxygen atoms in total. The third-order valence-electron chi connectivity index (χ3n) is 2.80. The van der Waals surface area contributed by atoms with Gasteiger partial charge in [0, 0.05) is 4.47 Å². The van der Waals surface area contributed by atoms with Crippen LogP contribution in [0.1, 0.15) is 11.1 Å². The molecule has 0 saturated carbocycles. The molecule has 0 heterocycles. The van der Waals surface area contributed by atoms with Gasteiger partial charge in [-0.15, -0.1) is 0 Å². The number of rotatable bonds is 2. The van der Waals surface area contributed by atoms with E-state index < -0.39 is 9.84 Å². The van der Waals surface area contributed by atoms with Gasteiger partial charge < -0.3 is 0 Å². The molecule has 0 saturated heterocycles. The van der Waals surface area contributed by atoms with Crippen LogP contribution in [0.3, 0.4) is 0 Å². The molecule has 0 aliphatic heterocycles. The summed E-state index contributed by atoms with van der Waals surface area (Å²) in [7, 11) is -3.44. The van der Waals surface area contributed by atoms with Gasteiger partial charge in [0.15, 0.2) is 0 Å². The second-order valence-electron chi connectivity index (χ2n) is 4.18. The molecule has 4 heteroatoms. The molecule has 0 aliphatic carbocycles. The molecule has 0 unspecified atom stereocenters. The van der Waals surface area contributed by atoms with Crippen LogP contribution in [0.15, 0.2) is 56.7 Å². The summed E-state index contributed by atoms with van der Waals surface area (Å²) in [5.74, 6) is 0. The summed E-state index contributed by atoms with van der Waals surface area (Å²) < 4.78 is 26.0. The average molecular weight is 325 g/mol. The largest absolute Gasteiger partial charge is 0.218 e. The highest BCUT2D eigenvalue weighted by atomic mass is 79.9. The zero-order valence-electron chi connectivity index (χ0n) is 10.1. The van der Waals surface area contributed by atoms with Gasteiger partial charge in [0.1, 0.15) is 0 Å². The standard InChI is InChI=1S/C14H13BrO2S/c1-10-4-3-5-11(2)14(10)18(16,17)13-8-6-12(15)7-9-13/h3-9H,1-2H3. The first kappa shape index (κ1) is 13.3. The van der Waals surface area contributed by atoms with Crippen LogP contribution in [-0.2, 0) is 9.84 Å². The maximum atomic E-state index is 12.6.